The summed E-state index contributed by atoms with van der Waals surface area (Å²) in [6, 6.07) is 0. The van der Waals surface area contributed by atoms with Gasteiger partial charge in [0.1, 0.15) is 8.79 Å². The first-order valence-electron chi connectivity index (χ1n) is 6.68. The summed E-state index contributed by atoms with van der Waals surface area (Å²) in [5, 5.41) is 0.976. The average Bonchev–Trinajstić information content (AvgIpc) is 2.70. The highest BCUT2D eigenvalue weighted by molar-refractivity contribution is 9.11. The van der Waals surface area contributed by atoms with E-state index in [-0.39, 0.29) is 12.1 Å². The fourth-order valence-electron chi connectivity index (χ4n) is 2.05. The molecule has 0 atom stereocenters. The third kappa shape index (κ3) is 6.17. The van der Waals surface area contributed by atoms with Crippen molar-refractivity contribution in [2.24, 2.45) is 5.73 Å². The Bertz CT molecular complexity index is 415. The topological polar surface area (TPSA) is 65.2 Å². The molecule has 1 amide bonds. The van der Waals surface area contributed by atoms with Crippen LogP contribution in [0.5, 0.6) is 0 Å². The molecule has 1 aliphatic carbocycles. The standard InChI is InChI=1S/C9H11BrFNS.C4H9NO2/c10-7-8(11)12-9(13-7)6-4-2-1-3-5-6;1-3(2)7-4(5)6/h6H,1-5H2;3H,1-2H3,(H2,5,6). The second-order valence-electron chi connectivity index (χ2n) is 4.94. The van der Waals surface area contributed by atoms with E-state index in [9.17, 15) is 9.18 Å². The fourth-order valence-corrected chi connectivity index (χ4v) is 3.48. The number of nitrogens with two attached hydrogens (primary N) is 1. The van der Waals surface area contributed by atoms with Crippen LogP contribution in [0.1, 0.15) is 56.9 Å². The van der Waals surface area contributed by atoms with Gasteiger partial charge in [-0.3, -0.25) is 0 Å². The summed E-state index contributed by atoms with van der Waals surface area (Å²) >= 11 is 4.62. The van der Waals surface area contributed by atoms with Gasteiger partial charge in [-0.2, -0.15) is 4.39 Å². The SMILES string of the molecule is CC(C)OC(N)=O.Fc1nc(C2CCCCC2)sc1Br. The number of rotatable bonds is 2. The van der Waals surface area contributed by atoms with Gasteiger partial charge >= 0.3 is 6.09 Å². The average molecular weight is 367 g/mol. The molecule has 0 aromatic carbocycles. The lowest BCUT2D eigenvalue weighted by molar-refractivity contribution is 0.125. The first kappa shape index (κ1) is 17.4. The van der Waals surface area contributed by atoms with E-state index in [0.29, 0.717) is 9.70 Å². The van der Waals surface area contributed by atoms with Gasteiger partial charge in [-0.1, -0.05) is 19.3 Å². The molecule has 1 fully saturated rings. The van der Waals surface area contributed by atoms with Gasteiger partial charge in [0.25, 0.3) is 0 Å². The Kier molecular flexibility index (Phi) is 7.43. The van der Waals surface area contributed by atoms with E-state index in [1.807, 2.05) is 0 Å². The highest BCUT2D eigenvalue weighted by Crippen LogP contribution is 2.36. The number of hydrogen-bond acceptors (Lipinski definition) is 4. The quantitative estimate of drug-likeness (QED) is 0.832. The molecule has 2 N–H and O–H groups in total. The summed E-state index contributed by atoms with van der Waals surface area (Å²) in [4.78, 5) is 13.7. The van der Waals surface area contributed by atoms with Gasteiger partial charge < -0.3 is 10.5 Å². The maximum Gasteiger partial charge on any atom is 0.404 e. The molecule has 0 unspecified atom stereocenters. The van der Waals surface area contributed by atoms with Crippen molar-refractivity contribution in [1.82, 2.24) is 4.98 Å². The number of primary amides is 1. The molecule has 1 aromatic heterocycles. The molecule has 20 heavy (non-hydrogen) atoms. The smallest absolute Gasteiger partial charge is 0.404 e. The second-order valence-corrected chi connectivity index (χ2v) is 7.29. The number of amides is 1. The Morgan fingerprint density at radius 2 is 2.05 bits per heavy atom. The lowest BCUT2D eigenvalue weighted by Gasteiger charge is -2.18. The van der Waals surface area contributed by atoms with Crippen LogP contribution in [0.2, 0.25) is 0 Å². The summed E-state index contributed by atoms with van der Waals surface area (Å²) in [6.45, 7) is 3.48. The molecule has 4 nitrogen and oxygen atoms in total. The van der Waals surface area contributed by atoms with Crippen LogP contribution in [-0.2, 0) is 4.74 Å². The minimum absolute atomic E-state index is 0.0995. The first-order chi connectivity index (χ1) is 9.40. The first-order valence-corrected chi connectivity index (χ1v) is 8.29. The minimum Gasteiger partial charge on any atom is -0.447 e. The third-order valence-electron chi connectivity index (χ3n) is 2.87. The number of hydrogen-bond donors (Lipinski definition) is 1. The van der Waals surface area contributed by atoms with Gasteiger partial charge in [0.05, 0.1) is 6.10 Å². The molecule has 0 radical (unpaired) electrons. The van der Waals surface area contributed by atoms with E-state index in [1.54, 1.807) is 13.8 Å². The molecule has 0 bridgehead atoms. The predicted molar refractivity (Wildman–Crippen MR) is 81.4 cm³/mol. The Hall–Kier alpha value is -0.690. The highest BCUT2D eigenvalue weighted by atomic mass is 79.9. The molecular formula is C13H20BrFN2O2S. The molecule has 2 rings (SSSR count). The van der Waals surface area contributed by atoms with Crippen LogP contribution >= 0.6 is 27.3 Å². The minimum atomic E-state index is -0.713. The lowest BCUT2D eigenvalue weighted by Crippen LogP contribution is -2.17. The molecule has 1 aliphatic rings. The van der Waals surface area contributed by atoms with E-state index in [2.05, 4.69) is 31.4 Å². The molecule has 0 saturated heterocycles. The molecular weight excluding hydrogens is 347 g/mol. The zero-order chi connectivity index (χ0) is 15.1. The normalized spacial score (nSPS) is 15.7. The molecule has 0 aliphatic heterocycles. The Balaban J connectivity index is 0.000000246. The maximum absolute atomic E-state index is 12.9. The highest BCUT2D eigenvalue weighted by Gasteiger charge is 2.20. The van der Waals surface area contributed by atoms with Crippen LogP contribution in [-0.4, -0.2) is 17.2 Å². The molecule has 1 aromatic rings. The van der Waals surface area contributed by atoms with Gasteiger partial charge in [0.15, 0.2) is 0 Å². The van der Waals surface area contributed by atoms with Crippen LogP contribution in [0.3, 0.4) is 0 Å². The fraction of sp³-hybridized carbons (Fsp3) is 0.692. The van der Waals surface area contributed by atoms with Gasteiger partial charge in [0.2, 0.25) is 5.95 Å². The predicted octanol–water partition coefficient (Wildman–Crippen LogP) is 4.58. The van der Waals surface area contributed by atoms with Crippen molar-refractivity contribution in [3.63, 3.8) is 0 Å². The monoisotopic (exact) mass is 366 g/mol. The van der Waals surface area contributed by atoms with E-state index in [1.165, 1.54) is 43.4 Å². The largest absolute Gasteiger partial charge is 0.447 e. The summed E-state index contributed by atoms with van der Waals surface area (Å²) in [5.41, 5.74) is 4.63. The summed E-state index contributed by atoms with van der Waals surface area (Å²) < 4.78 is 17.9. The van der Waals surface area contributed by atoms with E-state index < -0.39 is 6.09 Å². The van der Waals surface area contributed by atoms with Crippen LogP contribution in [0.25, 0.3) is 0 Å². The van der Waals surface area contributed by atoms with Crippen molar-refractivity contribution in [3.8, 4) is 0 Å². The van der Waals surface area contributed by atoms with Crippen molar-refractivity contribution in [1.29, 1.82) is 0 Å². The molecule has 1 saturated carbocycles. The maximum atomic E-state index is 12.9. The number of ether oxygens (including phenoxy) is 1. The van der Waals surface area contributed by atoms with Crippen LogP contribution in [0.15, 0.2) is 3.79 Å². The van der Waals surface area contributed by atoms with Crippen molar-refractivity contribution in [2.45, 2.75) is 58.0 Å². The zero-order valence-corrected chi connectivity index (χ0v) is 14.1. The number of thiazole rings is 1. The van der Waals surface area contributed by atoms with E-state index >= 15 is 0 Å². The molecule has 0 spiro atoms. The zero-order valence-electron chi connectivity index (χ0n) is 11.7. The van der Waals surface area contributed by atoms with E-state index in [0.717, 1.165) is 5.01 Å². The number of carbonyl (C=O) groups is 1. The summed E-state index contributed by atoms with van der Waals surface area (Å²) in [5.74, 6) is 0.171. The molecule has 7 heteroatoms. The van der Waals surface area contributed by atoms with Crippen molar-refractivity contribution in [3.05, 3.63) is 14.7 Å². The van der Waals surface area contributed by atoms with Crippen molar-refractivity contribution >= 4 is 33.4 Å². The van der Waals surface area contributed by atoms with Crippen LogP contribution in [0.4, 0.5) is 9.18 Å². The van der Waals surface area contributed by atoms with Crippen LogP contribution in [0, 0.1) is 5.95 Å². The van der Waals surface area contributed by atoms with Crippen molar-refractivity contribution < 1.29 is 13.9 Å². The Morgan fingerprint density at radius 1 is 1.45 bits per heavy atom. The number of halogens is 2. The van der Waals surface area contributed by atoms with Gasteiger partial charge in [0, 0.05) is 5.92 Å². The Morgan fingerprint density at radius 3 is 2.40 bits per heavy atom. The van der Waals surface area contributed by atoms with Gasteiger partial charge in [-0.25, -0.2) is 9.78 Å². The summed E-state index contributed by atoms with van der Waals surface area (Å²) in [6.07, 6.45) is 5.41. The van der Waals surface area contributed by atoms with E-state index in [4.69, 9.17) is 0 Å². The molecule has 114 valence electrons. The second kappa shape index (κ2) is 8.56. The lowest BCUT2D eigenvalue weighted by atomic mass is 9.90. The number of carbonyl (C=O) groups excluding carboxylic acids is 1. The third-order valence-corrected chi connectivity index (χ3v) is 4.67. The van der Waals surface area contributed by atoms with Gasteiger partial charge in [-0.05, 0) is 42.6 Å². The number of aromatic nitrogens is 1. The van der Waals surface area contributed by atoms with Crippen molar-refractivity contribution in [2.75, 3.05) is 0 Å². The van der Waals surface area contributed by atoms with Crippen LogP contribution < -0.4 is 5.73 Å². The Labute approximate surface area is 131 Å². The molecule has 1 heterocycles. The van der Waals surface area contributed by atoms with Gasteiger partial charge in [-0.15, -0.1) is 11.3 Å². The summed E-state index contributed by atoms with van der Waals surface area (Å²) in [7, 11) is 0. The number of nitrogens with zero attached hydrogens (tertiary/aromatic N) is 1.